The van der Waals surface area contributed by atoms with E-state index in [1.165, 1.54) is 6.07 Å². The van der Waals surface area contributed by atoms with Crippen LogP contribution in [0.1, 0.15) is 32.0 Å². The van der Waals surface area contributed by atoms with E-state index in [0.717, 1.165) is 49.9 Å². The summed E-state index contributed by atoms with van der Waals surface area (Å²) in [5.41, 5.74) is 2.00. The molecule has 0 radical (unpaired) electrons. The lowest BCUT2D eigenvalue weighted by Gasteiger charge is -2.26. The zero-order chi connectivity index (χ0) is 24.0. The number of aromatic nitrogens is 2. The van der Waals surface area contributed by atoms with E-state index >= 15 is 0 Å². The summed E-state index contributed by atoms with van der Waals surface area (Å²) in [7, 11) is 0. The largest absolute Gasteiger partial charge is 0.492 e. The smallest absolute Gasteiger partial charge is 0.217 e. The Morgan fingerprint density at radius 3 is 2.41 bits per heavy atom. The fourth-order valence-electron chi connectivity index (χ4n) is 3.60. The molecular weight excluding hydrogens is 433 g/mol. The van der Waals surface area contributed by atoms with Crippen LogP contribution in [-0.4, -0.2) is 54.3 Å². The van der Waals surface area contributed by atoms with Gasteiger partial charge in [0.25, 0.3) is 0 Å². The fourth-order valence-corrected chi connectivity index (χ4v) is 3.60. The number of halogens is 1. The third-order valence-corrected chi connectivity index (χ3v) is 5.70. The van der Waals surface area contributed by atoms with Gasteiger partial charge in [0, 0.05) is 42.2 Å². The van der Waals surface area contributed by atoms with Crippen molar-refractivity contribution in [2.24, 2.45) is 0 Å². The van der Waals surface area contributed by atoms with Crippen LogP contribution in [0.3, 0.4) is 0 Å². The predicted octanol–water partition coefficient (Wildman–Crippen LogP) is 4.87. The van der Waals surface area contributed by atoms with E-state index in [4.69, 9.17) is 19.2 Å². The molecule has 1 aliphatic heterocycles. The molecule has 0 amide bonds. The van der Waals surface area contributed by atoms with Crippen molar-refractivity contribution in [3.05, 3.63) is 71.7 Å². The second-order valence-corrected chi connectivity index (χ2v) is 9.37. The Morgan fingerprint density at radius 2 is 1.71 bits per heavy atom. The van der Waals surface area contributed by atoms with Crippen molar-refractivity contribution in [3.63, 3.8) is 0 Å². The van der Waals surface area contributed by atoms with E-state index in [1.54, 1.807) is 18.2 Å². The normalized spacial score (nSPS) is 14.7. The van der Waals surface area contributed by atoms with Crippen molar-refractivity contribution in [2.75, 3.05) is 39.5 Å². The minimum Gasteiger partial charge on any atom is -0.492 e. The molecule has 4 rings (SSSR count). The van der Waals surface area contributed by atoms with Crippen LogP contribution >= 0.6 is 0 Å². The maximum absolute atomic E-state index is 14.0. The average molecular weight is 466 g/mol. The van der Waals surface area contributed by atoms with Crippen LogP contribution in [0.4, 0.5) is 4.39 Å². The molecule has 0 saturated carbocycles. The van der Waals surface area contributed by atoms with Gasteiger partial charge in [0.05, 0.1) is 18.9 Å². The summed E-state index contributed by atoms with van der Waals surface area (Å²) in [4.78, 5) is 11.7. The third kappa shape index (κ3) is 6.52. The van der Waals surface area contributed by atoms with Gasteiger partial charge in [0.2, 0.25) is 5.88 Å². The van der Waals surface area contributed by atoms with Crippen LogP contribution in [-0.2, 0) is 16.8 Å². The number of nitrogens with zero attached hydrogens (tertiary/aromatic N) is 3. The van der Waals surface area contributed by atoms with E-state index in [0.29, 0.717) is 23.9 Å². The lowest BCUT2D eigenvalue weighted by Crippen LogP contribution is -2.38. The molecule has 0 aliphatic carbocycles. The SMILES string of the molecule is CC(C)(C)c1cc(OCc2ccccc2F)nc(-c2ccc(OCCN3CCOCC3)cc2)n1. The third-order valence-electron chi connectivity index (χ3n) is 5.70. The molecule has 3 aromatic rings. The molecule has 0 atom stereocenters. The highest BCUT2D eigenvalue weighted by Gasteiger charge is 2.19. The van der Waals surface area contributed by atoms with Gasteiger partial charge < -0.3 is 14.2 Å². The molecule has 0 spiro atoms. The zero-order valence-corrected chi connectivity index (χ0v) is 20.1. The van der Waals surface area contributed by atoms with Crippen LogP contribution < -0.4 is 9.47 Å². The molecular formula is C27H32FN3O3. The number of benzene rings is 2. The molecule has 0 unspecified atom stereocenters. The standard InChI is InChI=1S/C27H32FN3O3/c1-27(2,3)24-18-25(34-19-21-6-4-5-7-23(21)28)30-26(29-24)20-8-10-22(11-9-20)33-17-14-31-12-15-32-16-13-31/h4-11,18H,12-17,19H2,1-3H3. The number of hydrogen-bond acceptors (Lipinski definition) is 6. The van der Waals surface area contributed by atoms with E-state index in [2.05, 4.69) is 30.7 Å². The molecule has 2 aromatic carbocycles. The number of rotatable bonds is 8. The van der Waals surface area contributed by atoms with Gasteiger partial charge in [-0.25, -0.2) is 9.37 Å². The van der Waals surface area contributed by atoms with E-state index in [-0.39, 0.29) is 17.8 Å². The van der Waals surface area contributed by atoms with Crippen molar-refractivity contribution in [3.8, 4) is 23.0 Å². The van der Waals surface area contributed by atoms with Crippen LogP contribution in [0, 0.1) is 5.82 Å². The van der Waals surface area contributed by atoms with Gasteiger partial charge in [0.1, 0.15) is 24.8 Å². The van der Waals surface area contributed by atoms with Gasteiger partial charge in [0.15, 0.2) is 5.82 Å². The lowest BCUT2D eigenvalue weighted by atomic mass is 9.92. The minimum absolute atomic E-state index is 0.0998. The molecule has 1 aliphatic rings. The lowest BCUT2D eigenvalue weighted by molar-refractivity contribution is 0.0322. The Bertz CT molecular complexity index is 1080. The summed E-state index contributed by atoms with van der Waals surface area (Å²) in [6, 6.07) is 16.2. The molecule has 0 N–H and O–H groups in total. The fraction of sp³-hybridized carbons (Fsp3) is 0.407. The molecule has 1 fully saturated rings. The topological polar surface area (TPSA) is 56.7 Å². The molecule has 1 aromatic heterocycles. The van der Waals surface area contributed by atoms with E-state index in [1.807, 2.05) is 30.3 Å². The van der Waals surface area contributed by atoms with Gasteiger partial charge >= 0.3 is 0 Å². The van der Waals surface area contributed by atoms with Crippen molar-refractivity contribution < 1.29 is 18.6 Å². The second kappa shape index (κ2) is 10.9. The zero-order valence-electron chi connectivity index (χ0n) is 20.1. The van der Waals surface area contributed by atoms with Gasteiger partial charge in [-0.2, -0.15) is 4.98 Å². The first-order valence-electron chi connectivity index (χ1n) is 11.7. The number of ether oxygens (including phenoxy) is 3. The number of hydrogen-bond donors (Lipinski definition) is 0. The maximum Gasteiger partial charge on any atom is 0.217 e. The molecule has 6 nitrogen and oxygen atoms in total. The predicted molar refractivity (Wildman–Crippen MR) is 130 cm³/mol. The molecule has 1 saturated heterocycles. The summed E-state index contributed by atoms with van der Waals surface area (Å²) in [6.07, 6.45) is 0. The van der Waals surface area contributed by atoms with Gasteiger partial charge in [-0.05, 0) is 30.3 Å². The molecule has 0 bridgehead atoms. The highest BCUT2D eigenvalue weighted by atomic mass is 19.1. The highest BCUT2D eigenvalue weighted by Crippen LogP contribution is 2.28. The second-order valence-electron chi connectivity index (χ2n) is 9.37. The first-order chi connectivity index (χ1) is 16.4. The van der Waals surface area contributed by atoms with E-state index < -0.39 is 0 Å². The summed E-state index contributed by atoms with van der Waals surface area (Å²) in [5, 5.41) is 0. The summed E-state index contributed by atoms with van der Waals surface area (Å²) >= 11 is 0. The van der Waals surface area contributed by atoms with Crippen molar-refractivity contribution >= 4 is 0 Å². The number of morpholine rings is 1. The van der Waals surface area contributed by atoms with Gasteiger partial charge in [-0.3, -0.25) is 4.90 Å². The molecule has 34 heavy (non-hydrogen) atoms. The Kier molecular flexibility index (Phi) is 7.75. The first-order valence-corrected chi connectivity index (χ1v) is 11.7. The van der Waals surface area contributed by atoms with E-state index in [9.17, 15) is 4.39 Å². The first kappa shape index (κ1) is 24.1. The Morgan fingerprint density at radius 1 is 0.971 bits per heavy atom. The minimum atomic E-state index is -0.294. The van der Waals surface area contributed by atoms with Crippen molar-refractivity contribution in [1.29, 1.82) is 0 Å². The molecule has 180 valence electrons. The summed E-state index contributed by atoms with van der Waals surface area (Å²) < 4.78 is 31.2. The van der Waals surface area contributed by atoms with Crippen molar-refractivity contribution in [1.82, 2.24) is 14.9 Å². The maximum atomic E-state index is 14.0. The highest BCUT2D eigenvalue weighted by molar-refractivity contribution is 5.57. The molecule has 7 heteroatoms. The van der Waals surface area contributed by atoms with Crippen LogP contribution in [0.2, 0.25) is 0 Å². The Balaban J connectivity index is 1.46. The quantitative estimate of drug-likeness (QED) is 0.473. The van der Waals surface area contributed by atoms with Crippen LogP contribution in [0.15, 0.2) is 54.6 Å². The Labute approximate surface area is 200 Å². The average Bonchev–Trinajstić information content (AvgIpc) is 2.84. The molecule has 2 heterocycles. The Hall–Kier alpha value is -3.03. The summed E-state index contributed by atoms with van der Waals surface area (Å²) in [5.74, 6) is 1.50. The monoisotopic (exact) mass is 465 g/mol. The van der Waals surface area contributed by atoms with Crippen molar-refractivity contribution in [2.45, 2.75) is 32.8 Å². The van der Waals surface area contributed by atoms with Gasteiger partial charge in [-0.1, -0.05) is 39.0 Å². The van der Waals surface area contributed by atoms with Crippen LogP contribution in [0.5, 0.6) is 11.6 Å². The van der Waals surface area contributed by atoms with Crippen LogP contribution in [0.25, 0.3) is 11.4 Å². The van der Waals surface area contributed by atoms with Gasteiger partial charge in [-0.15, -0.1) is 0 Å². The summed E-state index contributed by atoms with van der Waals surface area (Å²) in [6.45, 7) is 11.3.